The summed E-state index contributed by atoms with van der Waals surface area (Å²) < 4.78 is 5.83. The minimum atomic E-state index is -0.488. The lowest BCUT2D eigenvalue weighted by Gasteiger charge is -2.38. The molecule has 26 heavy (non-hydrogen) atoms. The number of nitro benzene ring substituents is 1. The lowest BCUT2D eigenvalue weighted by molar-refractivity contribution is -0.384. The van der Waals surface area contributed by atoms with Gasteiger partial charge in [0.1, 0.15) is 6.10 Å². The molecule has 1 aliphatic heterocycles. The van der Waals surface area contributed by atoms with Gasteiger partial charge in [0.05, 0.1) is 23.5 Å². The molecule has 7 nitrogen and oxygen atoms in total. The van der Waals surface area contributed by atoms with Gasteiger partial charge in [0.25, 0.3) is 11.6 Å². The number of carbonyl (C=O) groups excluding carboxylic acids is 1. The smallest absolute Gasteiger partial charge is 0.269 e. The number of para-hydroxylation sites is 1. The Morgan fingerprint density at radius 2 is 1.81 bits per heavy atom. The highest BCUT2D eigenvalue weighted by Crippen LogP contribution is 2.22. The number of amides is 1. The van der Waals surface area contributed by atoms with Crippen molar-refractivity contribution in [3.05, 3.63) is 76.3 Å². The molecule has 7 heteroatoms. The van der Waals surface area contributed by atoms with Gasteiger partial charge in [-0.3, -0.25) is 14.9 Å². The third kappa shape index (κ3) is 3.06. The molecule has 0 bridgehead atoms. The summed E-state index contributed by atoms with van der Waals surface area (Å²) in [5.41, 5.74) is 1.26. The van der Waals surface area contributed by atoms with E-state index in [1.54, 1.807) is 4.90 Å². The molecule has 0 radical (unpaired) electrons. The van der Waals surface area contributed by atoms with Crippen LogP contribution in [0.4, 0.5) is 5.69 Å². The largest absolute Gasteiger partial charge is 0.471 e. The topological polar surface area (TPSA) is 85.6 Å². The normalized spacial score (nSPS) is 14.1. The second-order valence-corrected chi connectivity index (χ2v) is 6.10. The molecule has 130 valence electrons. The maximum absolute atomic E-state index is 12.4. The van der Waals surface area contributed by atoms with Crippen LogP contribution < -0.4 is 4.74 Å². The van der Waals surface area contributed by atoms with Crippen molar-refractivity contribution in [1.29, 1.82) is 0 Å². The van der Waals surface area contributed by atoms with Crippen LogP contribution in [0.5, 0.6) is 5.88 Å². The van der Waals surface area contributed by atoms with Gasteiger partial charge in [0.2, 0.25) is 5.88 Å². The van der Waals surface area contributed by atoms with Crippen LogP contribution in [-0.4, -0.2) is 39.9 Å². The first-order chi connectivity index (χ1) is 12.6. The monoisotopic (exact) mass is 349 g/mol. The van der Waals surface area contributed by atoms with Crippen LogP contribution >= 0.6 is 0 Å². The highest BCUT2D eigenvalue weighted by atomic mass is 16.6. The lowest BCUT2D eigenvalue weighted by atomic mass is 10.1. The van der Waals surface area contributed by atoms with Gasteiger partial charge < -0.3 is 9.64 Å². The lowest BCUT2D eigenvalue weighted by Crippen LogP contribution is -2.56. The van der Waals surface area contributed by atoms with Crippen LogP contribution in [0.15, 0.2) is 60.7 Å². The summed E-state index contributed by atoms with van der Waals surface area (Å²) in [4.78, 5) is 28.7. The number of hydrogen-bond acceptors (Lipinski definition) is 5. The minimum absolute atomic E-state index is 0.0336. The van der Waals surface area contributed by atoms with Crippen LogP contribution in [-0.2, 0) is 0 Å². The molecule has 1 aromatic heterocycles. The maximum atomic E-state index is 12.4. The van der Waals surface area contributed by atoms with E-state index < -0.39 is 4.92 Å². The van der Waals surface area contributed by atoms with Gasteiger partial charge in [-0.2, -0.15) is 0 Å². The van der Waals surface area contributed by atoms with E-state index in [-0.39, 0.29) is 17.7 Å². The Hall–Kier alpha value is -3.48. The van der Waals surface area contributed by atoms with E-state index in [1.165, 1.54) is 24.3 Å². The first-order valence-corrected chi connectivity index (χ1v) is 8.16. The van der Waals surface area contributed by atoms with E-state index in [2.05, 4.69) is 4.98 Å². The van der Waals surface area contributed by atoms with E-state index >= 15 is 0 Å². The Balaban J connectivity index is 1.36. The fourth-order valence-corrected chi connectivity index (χ4v) is 2.87. The summed E-state index contributed by atoms with van der Waals surface area (Å²) in [5, 5.41) is 11.7. The summed E-state index contributed by atoms with van der Waals surface area (Å²) in [6.45, 7) is 0.925. The van der Waals surface area contributed by atoms with Gasteiger partial charge in [-0.05, 0) is 24.3 Å². The molecule has 1 fully saturated rings. The van der Waals surface area contributed by atoms with Crippen molar-refractivity contribution in [1.82, 2.24) is 9.88 Å². The number of hydrogen-bond donors (Lipinski definition) is 0. The van der Waals surface area contributed by atoms with Crippen LogP contribution in [0.1, 0.15) is 10.4 Å². The van der Waals surface area contributed by atoms with Crippen LogP contribution in [0.3, 0.4) is 0 Å². The number of nitrogens with zero attached hydrogens (tertiary/aromatic N) is 3. The zero-order valence-corrected chi connectivity index (χ0v) is 13.7. The molecule has 0 aliphatic carbocycles. The zero-order chi connectivity index (χ0) is 18.1. The number of aromatic nitrogens is 1. The third-order valence-corrected chi connectivity index (χ3v) is 4.32. The van der Waals surface area contributed by atoms with Gasteiger partial charge in [-0.1, -0.05) is 18.2 Å². The van der Waals surface area contributed by atoms with Crippen LogP contribution in [0, 0.1) is 10.1 Å². The summed E-state index contributed by atoms with van der Waals surface area (Å²) >= 11 is 0. The molecule has 1 saturated heterocycles. The molecular weight excluding hydrogens is 334 g/mol. The highest BCUT2D eigenvalue weighted by Gasteiger charge is 2.33. The maximum Gasteiger partial charge on any atom is 0.269 e. The summed E-state index contributed by atoms with van der Waals surface area (Å²) in [7, 11) is 0. The van der Waals surface area contributed by atoms with E-state index in [0.29, 0.717) is 24.5 Å². The second kappa shape index (κ2) is 6.44. The van der Waals surface area contributed by atoms with Crippen molar-refractivity contribution in [2.24, 2.45) is 0 Å². The van der Waals surface area contributed by atoms with Crippen molar-refractivity contribution in [3.63, 3.8) is 0 Å². The van der Waals surface area contributed by atoms with Crippen molar-refractivity contribution < 1.29 is 14.5 Å². The fourth-order valence-electron chi connectivity index (χ4n) is 2.87. The Kier molecular flexibility index (Phi) is 3.96. The number of carbonyl (C=O) groups is 1. The van der Waals surface area contributed by atoms with Gasteiger partial charge in [-0.25, -0.2) is 4.98 Å². The molecule has 2 heterocycles. The molecule has 1 amide bonds. The third-order valence-electron chi connectivity index (χ3n) is 4.32. The minimum Gasteiger partial charge on any atom is -0.471 e. The quantitative estimate of drug-likeness (QED) is 0.534. The average molecular weight is 349 g/mol. The zero-order valence-electron chi connectivity index (χ0n) is 13.7. The number of non-ortho nitro benzene ring substituents is 1. The molecule has 0 N–H and O–H groups in total. The Morgan fingerprint density at radius 3 is 2.54 bits per heavy atom. The van der Waals surface area contributed by atoms with Crippen molar-refractivity contribution in [2.75, 3.05) is 13.1 Å². The van der Waals surface area contributed by atoms with Crippen molar-refractivity contribution in [3.8, 4) is 5.88 Å². The van der Waals surface area contributed by atoms with Crippen LogP contribution in [0.25, 0.3) is 10.9 Å². The van der Waals surface area contributed by atoms with Gasteiger partial charge in [0, 0.05) is 29.1 Å². The Bertz CT molecular complexity index is 982. The second-order valence-electron chi connectivity index (χ2n) is 6.10. The fraction of sp³-hybridized carbons (Fsp3) is 0.158. The van der Waals surface area contributed by atoms with Gasteiger partial charge in [0.15, 0.2) is 0 Å². The Labute approximate surface area is 149 Å². The molecule has 0 atom stereocenters. The SMILES string of the molecule is O=C(c1ccc([N+](=O)[O-])cc1)N1CC(Oc2ccc3ccccc3n2)C1. The predicted molar refractivity (Wildman–Crippen MR) is 95.2 cm³/mol. The molecule has 0 saturated carbocycles. The summed E-state index contributed by atoms with van der Waals surface area (Å²) in [6, 6.07) is 17.2. The highest BCUT2D eigenvalue weighted by molar-refractivity contribution is 5.95. The molecule has 0 unspecified atom stereocenters. The number of fused-ring (bicyclic) bond motifs is 1. The summed E-state index contributed by atoms with van der Waals surface area (Å²) in [5.74, 6) is 0.377. The molecule has 2 aromatic carbocycles. The molecular formula is C19H15N3O4. The van der Waals surface area contributed by atoms with E-state index in [1.807, 2.05) is 36.4 Å². The standard InChI is InChI=1S/C19H15N3O4/c23-19(14-5-8-15(9-6-14)22(24)25)21-11-16(12-21)26-18-10-7-13-3-1-2-4-17(13)20-18/h1-10,16H,11-12H2. The Morgan fingerprint density at radius 1 is 1.08 bits per heavy atom. The van der Waals surface area contributed by atoms with Gasteiger partial charge >= 0.3 is 0 Å². The number of benzene rings is 2. The van der Waals surface area contributed by atoms with E-state index in [9.17, 15) is 14.9 Å². The molecule has 1 aliphatic rings. The van der Waals surface area contributed by atoms with Crippen molar-refractivity contribution in [2.45, 2.75) is 6.10 Å². The predicted octanol–water partition coefficient (Wildman–Crippen LogP) is 3.05. The van der Waals surface area contributed by atoms with Crippen LogP contribution in [0.2, 0.25) is 0 Å². The number of ether oxygens (including phenoxy) is 1. The molecule has 4 rings (SSSR count). The molecule has 0 spiro atoms. The van der Waals surface area contributed by atoms with Crippen molar-refractivity contribution >= 4 is 22.5 Å². The number of likely N-dealkylation sites (tertiary alicyclic amines) is 1. The number of pyridine rings is 1. The average Bonchev–Trinajstić information content (AvgIpc) is 2.63. The number of nitro groups is 1. The molecule has 3 aromatic rings. The van der Waals surface area contributed by atoms with E-state index in [4.69, 9.17) is 4.74 Å². The summed E-state index contributed by atoms with van der Waals surface area (Å²) in [6.07, 6.45) is -0.106. The van der Waals surface area contributed by atoms with Gasteiger partial charge in [-0.15, -0.1) is 0 Å². The first-order valence-electron chi connectivity index (χ1n) is 8.16. The first kappa shape index (κ1) is 16.0. The van der Waals surface area contributed by atoms with E-state index in [0.717, 1.165) is 10.9 Å². The number of rotatable bonds is 4.